The molecule has 1 N–H and O–H groups in total. The third-order valence-corrected chi connectivity index (χ3v) is 4.89. The van der Waals surface area contributed by atoms with Crippen molar-refractivity contribution in [3.8, 4) is 0 Å². The third kappa shape index (κ3) is 4.91. The molecule has 1 aromatic rings. The lowest BCUT2D eigenvalue weighted by Gasteiger charge is -2.36. The molecule has 22 heavy (non-hydrogen) atoms. The SMILES string of the molecule is CCCN1CCN(c2ccc(NCC(CC)CC)cc2)CC1. The molecule has 2 rings (SSSR count). The van der Waals surface area contributed by atoms with Crippen molar-refractivity contribution in [2.24, 2.45) is 5.92 Å². The van der Waals surface area contributed by atoms with Crippen molar-refractivity contribution in [3.63, 3.8) is 0 Å². The predicted molar refractivity (Wildman–Crippen MR) is 97.9 cm³/mol. The van der Waals surface area contributed by atoms with Gasteiger partial charge in [0.05, 0.1) is 0 Å². The number of benzene rings is 1. The van der Waals surface area contributed by atoms with E-state index < -0.39 is 0 Å². The van der Waals surface area contributed by atoms with Crippen LogP contribution in [0.4, 0.5) is 11.4 Å². The second-order valence-corrected chi connectivity index (χ2v) is 6.44. The highest BCUT2D eigenvalue weighted by Gasteiger charge is 2.16. The summed E-state index contributed by atoms with van der Waals surface area (Å²) in [4.78, 5) is 5.08. The van der Waals surface area contributed by atoms with Gasteiger partial charge in [0.1, 0.15) is 0 Å². The first-order chi connectivity index (χ1) is 10.8. The lowest BCUT2D eigenvalue weighted by Crippen LogP contribution is -2.46. The van der Waals surface area contributed by atoms with Crippen molar-refractivity contribution >= 4 is 11.4 Å². The molecule has 1 aliphatic heterocycles. The molecule has 124 valence electrons. The van der Waals surface area contributed by atoms with Gasteiger partial charge in [0, 0.05) is 44.1 Å². The number of rotatable bonds is 8. The predicted octanol–water partition coefficient (Wildman–Crippen LogP) is 4.07. The van der Waals surface area contributed by atoms with Gasteiger partial charge in [0.25, 0.3) is 0 Å². The second-order valence-electron chi connectivity index (χ2n) is 6.44. The highest BCUT2D eigenvalue weighted by atomic mass is 15.3. The first-order valence-corrected chi connectivity index (χ1v) is 9.08. The van der Waals surface area contributed by atoms with Crippen LogP contribution in [-0.4, -0.2) is 44.2 Å². The monoisotopic (exact) mass is 303 g/mol. The van der Waals surface area contributed by atoms with Gasteiger partial charge in [-0.2, -0.15) is 0 Å². The summed E-state index contributed by atoms with van der Waals surface area (Å²) >= 11 is 0. The summed E-state index contributed by atoms with van der Waals surface area (Å²) in [5, 5.41) is 3.57. The van der Waals surface area contributed by atoms with Gasteiger partial charge in [-0.05, 0) is 43.1 Å². The first-order valence-electron chi connectivity index (χ1n) is 9.08. The van der Waals surface area contributed by atoms with E-state index in [0.717, 1.165) is 25.6 Å². The zero-order valence-electron chi connectivity index (χ0n) is 14.6. The minimum Gasteiger partial charge on any atom is -0.385 e. The smallest absolute Gasteiger partial charge is 0.0368 e. The van der Waals surface area contributed by atoms with E-state index in [9.17, 15) is 0 Å². The summed E-state index contributed by atoms with van der Waals surface area (Å²) in [5.74, 6) is 0.784. The molecule has 0 atom stereocenters. The van der Waals surface area contributed by atoms with Gasteiger partial charge in [-0.15, -0.1) is 0 Å². The Morgan fingerprint density at radius 1 is 0.955 bits per heavy atom. The average molecular weight is 303 g/mol. The summed E-state index contributed by atoms with van der Waals surface area (Å²) in [5.41, 5.74) is 2.62. The van der Waals surface area contributed by atoms with Crippen molar-refractivity contribution in [2.45, 2.75) is 40.0 Å². The fourth-order valence-electron chi connectivity index (χ4n) is 3.18. The Hall–Kier alpha value is -1.22. The van der Waals surface area contributed by atoms with Crippen LogP contribution in [0.5, 0.6) is 0 Å². The van der Waals surface area contributed by atoms with Crippen LogP contribution in [0, 0.1) is 5.92 Å². The van der Waals surface area contributed by atoms with Gasteiger partial charge in [-0.3, -0.25) is 4.90 Å². The maximum atomic E-state index is 3.57. The number of piperazine rings is 1. The Morgan fingerprint density at radius 3 is 2.14 bits per heavy atom. The van der Waals surface area contributed by atoms with Gasteiger partial charge < -0.3 is 10.2 Å². The van der Waals surface area contributed by atoms with E-state index in [-0.39, 0.29) is 0 Å². The van der Waals surface area contributed by atoms with Gasteiger partial charge in [-0.25, -0.2) is 0 Å². The van der Waals surface area contributed by atoms with Gasteiger partial charge >= 0.3 is 0 Å². The van der Waals surface area contributed by atoms with Crippen LogP contribution in [0.25, 0.3) is 0 Å². The standard InChI is InChI=1S/C19H33N3/c1-4-11-21-12-14-22(15-13-21)19-9-7-18(8-10-19)20-16-17(5-2)6-3/h7-10,17,20H,4-6,11-16H2,1-3H3. The Labute approximate surface area is 136 Å². The molecular formula is C19H33N3. The van der Waals surface area contributed by atoms with Crippen LogP contribution in [0.3, 0.4) is 0 Å². The largest absolute Gasteiger partial charge is 0.385 e. The lowest BCUT2D eigenvalue weighted by molar-refractivity contribution is 0.258. The molecule has 0 aromatic heterocycles. The fourth-order valence-corrected chi connectivity index (χ4v) is 3.18. The van der Waals surface area contributed by atoms with Crippen LogP contribution < -0.4 is 10.2 Å². The molecule has 0 aliphatic carbocycles. The molecule has 0 amide bonds. The van der Waals surface area contributed by atoms with Crippen LogP contribution >= 0.6 is 0 Å². The molecule has 0 bridgehead atoms. The maximum Gasteiger partial charge on any atom is 0.0368 e. The highest BCUT2D eigenvalue weighted by molar-refractivity contribution is 5.55. The minimum absolute atomic E-state index is 0.784. The van der Waals surface area contributed by atoms with E-state index in [1.807, 2.05) is 0 Å². The molecule has 1 heterocycles. The van der Waals surface area contributed by atoms with Crippen molar-refractivity contribution in [2.75, 3.05) is 49.5 Å². The average Bonchev–Trinajstić information content (AvgIpc) is 2.57. The zero-order chi connectivity index (χ0) is 15.8. The van der Waals surface area contributed by atoms with Gasteiger partial charge in [0.2, 0.25) is 0 Å². The molecule has 0 unspecified atom stereocenters. The molecule has 0 radical (unpaired) electrons. The first kappa shape index (κ1) is 17.1. The Morgan fingerprint density at radius 2 is 1.59 bits per heavy atom. The molecular weight excluding hydrogens is 270 g/mol. The lowest BCUT2D eigenvalue weighted by atomic mass is 10.0. The molecule has 1 aliphatic rings. The van der Waals surface area contributed by atoms with Gasteiger partial charge in [0.15, 0.2) is 0 Å². The Balaban J connectivity index is 1.82. The number of hydrogen-bond donors (Lipinski definition) is 1. The van der Waals surface area contributed by atoms with Crippen molar-refractivity contribution in [1.82, 2.24) is 4.90 Å². The summed E-state index contributed by atoms with van der Waals surface area (Å²) in [6.45, 7) is 13.8. The summed E-state index contributed by atoms with van der Waals surface area (Å²) in [6, 6.07) is 9.00. The molecule has 3 heteroatoms. The van der Waals surface area contributed by atoms with Crippen LogP contribution in [-0.2, 0) is 0 Å². The molecule has 1 aromatic carbocycles. The van der Waals surface area contributed by atoms with E-state index >= 15 is 0 Å². The normalized spacial score (nSPS) is 16.3. The van der Waals surface area contributed by atoms with E-state index in [2.05, 4.69) is 60.2 Å². The third-order valence-electron chi connectivity index (χ3n) is 4.89. The molecule has 1 saturated heterocycles. The van der Waals surface area contributed by atoms with E-state index in [1.165, 1.54) is 50.3 Å². The van der Waals surface area contributed by atoms with Crippen LogP contribution in [0.1, 0.15) is 40.0 Å². The van der Waals surface area contributed by atoms with Crippen molar-refractivity contribution < 1.29 is 0 Å². The minimum atomic E-state index is 0.784. The zero-order valence-corrected chi connectivity index (χ0v) is 14.6. The maximum absolute atomic E-state index is 3.57. The van der Waals surface area contributed by atoms with Crippen LogP contribution in [0.2, 0.25) is 0 Å². The van der Waals surface area contributed by atoms with Gasteiger partial charge in [-0.1, -0.05) is 33.6 Å². The quantitative estimate of drug-likeness (QED) is 0.781. The molecule has 0 saturated carbocycles. The molecule has 3 nitrogen and oxygen atoms in total. The van der Waals surface area contributed by atoms with Crippen LogP contribution in [0.15, 0.2) is 24.3 Å². The number of nitrogens with zero attached hydrogens (tertiary/aromatic N) is 2. The molecule has 0 spiro atoms. The van der Waals surface area contributed by atoms with E-state index in [1.54, 1.807) is 0 Å². The second kappa shape index (κ2) is 9.04. The highest BCUT2D eigenvalue weighted by Crippen LogP contribution is 2.20. The topological polar surface area (TPSA) is 18.5 Å². The van der Waals surface area contributed by atoms with E-state index in [0.29, 0.717) is 0 Å². The number of anilines is 2. The Bertz CT molecular complexity index is 403. The van der Waals surface area contributed by atoms with Crippen molar-refractivity contribution in [3.05, 3.63) is 24.3 Å². The summed E-state index contributed by atoms with van der Waals surface area (Å²) in [7, 11) is 0. The summed E-state index contributed by atoms with van der Waals surface area (Å²) < 4.78 is 0. The van der Waals surface area contributed by atoms with E-state index in [4.69, 9.17) is 0 Å². The summed E-state index contributed by atoms with van der Waals surface area (Å²) in [6.07, 6.45) is 3.77. The van der Waals surface area contributed by atoms with Crippen molar-refractivity contribution in [1.29, 1.82) is 0 Å². The number of nitrogens with one attached hydrogen (secondary N) is 1. The fraction of sp³-hybridized carbons (Fsp3) is 0.684. The molecule has 1 fully saturated rings. The number of hydrogen-bond acceptors (Lipinski definition) is 3. The Kier molecular flexibility index (Phi) is 7.04.